The number of ether oxygens (including phenoxy) is 1. The van der Waals surface area contributed by atoms with Crippen molar-refractivity contribution in [2.24, 2.45) is 5.92 Å². The number of carbonyl (C=O) groups excluding carboxylic acids is 3. The van der Waals surface area contributed by atoms with E-state index in [1.807, 2.05) is 19.9 Å². The summed E-state index contributed by atoms with van der Waals surface area (Å²) in [7, 11) is 0. The van der Waals surface area contributed by atoms with Gasteiger partial charge in [-0.1, -0.05) is 26.0 Å². The maximum absolute atomic E-state index is 12.6. The molecule has 8 nitrogen and oxygen atoms in total. The number of nitrogens with zero attached hydrogens (tertiary/aromatic N) is 1. The lowest BCUT2D eigenvalue weighted by Gasteiger charge is -2.27. The third-order valence-electron chi connectivity index (χ3n) is 4.80. The number of amides is 3. The van der Waals surface area contributed by atoms with Crippen molar-refractivity contribution in [2.75, 3.05) is 48.8 Å². The number of rotatable bonds is 7. The van der Waals surface area contributed by atoms with E-state index in [9.17, 15) is 14.4 Å². The molecular weight excluding hydrogens is 396 g/mol. The molecule has 0 radical (unpaired) electrons. The predicted molar refractivity (Wildman–Crippen MR) is 120 cm³/mol. The summed E-state index contributed by atoms with van der Waals surface area (Å²) in [6, 6.07) is 14.1. The average Bonchev–Trinajstić information content (AvgIpc) is 2.78. The maximum Gasteiger partial charge on any atom is 0.254 e. The second-order valence-electron chi connectivity index (χ2n) is 7.61. The van der Waals surface area contributed by atoms with Crippen molar-refractivity contribution in [1.82, 2.24) is 4.90 Å². The lowest BCUT2D eigenvalue weighted by atomic mass is 10.1. The summed E-state index contributed by atoms with van der Waals surface area (Å²) >= 11 is 0. The van der Waals surface area contributed by atoms with Gasteiger partial charge in [-0.25, -0.2) is 0 Å². The van der Waals surface area contributed by atoms with Crippen molar-refractivity contribution in [3.8, 4) is 0 Å². The second-order valence-corrected chi connectivity index (χ2v) is 7.61. The van der Waals surface area contributed by atoms with Crippen LogP contribution in [0.15, 0.2) is 48.5 Å². The van der Waals surface area contributed by atoms with E-state index >= 15 is 0 Å². The monoisotopic (exact) mass is 424 g/mol. The first-order chi connectivity index (χ1) is 14.9. The van der Waals surface area contributed by atoms with Gasteiger partial charge in [0, 0.05) is 41.6 Å². The zero-order valence-corrected chi connectivity index (χ0v) is 17.8. The van der Waals surface area contributed by atoms with Gasteiger partial charge in [0.15, 0.2) is 0 Å². The van der Waals surface area contributed by atoms with Crippen LogP contribution >= 0.6 is 0 Å². The van der Waals surface area contributed by atoms with Crippen molar-refractivity contribution in [2.45, 2.75) is 13.8 Å². The summed E-state index contributed by atoms with van der Waals surface area (Å²) < 4.78 is 5.29. The fourth-order valence-electron chi connectivity index (χ4n) is 3.06. The third-order valence-corrected chi connectivity index (χ3v) is 4.80. The van der Waals surface area contributed by atoms with Gasteiger partial charge >= 0.3 is 0 Å². The largest absolute Gasteiger partial charge is 0.378 e. The molecule has 0 atom stereocenters. The van der Waals surface area contributed by atoms with Crippen molar-refractivity contribution in [3.05, 3.63) is 54.1 Å². The molecule has 0 aliphatic carbocycles. The number of anilines is 3. The standard InChI is InChI=1S/C23H28N4O4/c1-16(2)22(29)26-20-8-4-7-19(14-20)25-21(28)15-24-18-6-3-5-17(13-18)23(30)27-9-11-31-12-10-27/h3-8,13-14,16,24H,9-12,15H2,1-2H3,(H,25,28)(H,26,29). The minimum atomic E-state index is -0.239. The Morgan fingerprint density at radius 1 is 0.935 bits per heavy atom. The predicted octanol–water partition coefficient (Wildman–Crippen LogP) is 2.80. The first-order valence-electron chi connectivity index (χ1n) is 10.3. The Bertz CT molecular complexity index is 939. The molecule has 0 unspecified atom stereocenters. The van der Waals surface area contributed by atoms with Crippen LogP contribution in [0, 0.1) is 5.92 Å². The quantitative estimate of drug-likeness (QED) is 0.635. The summed E-state index contributed by atoms with van der Waals surface area (Å²) in [5.74, 6) is -0.501. The van der Waals surface area contributed by atoms with E-state index in [1.54, 1.807) is 47.4 Å². The van der Waals surface area contributed by atoms with E-state index in [1.165, 1.54) is 0 Å². The van der Waals surface area contributed by atoms with Crippen LogP contribution in [-0.4, -0.2) is 55.5 Å². The van der Waals surface area contributed by atoms with E-state index < -0.39 is 0 Å². The van der Waals surface area contributed by atoms with Gasteiger partial charge in [0.1, 0.15) is 0 Å². The molecule has 8 heteroatoms. The van der Waals surface area contributed by atoms with Crippen molar-refractivity contribution < 1.29 is 19.1 Å². The Morgan fingerprint density at radius 2 is 1.58 bits per heavy atom. The molecule has 3 amide bonds. The molecule has 1 aliphatic rings. The molecule has 3 rings (SSSR count). The van der Waals surface area contributed by atoms with E-state index in [2.05, 4.69) is 16.0 Å². The molecule has 164 valence electrons. The van der Waals surface area contributed by atoms with E-state index in [4.69, 9.17) is 4.74 Å². The topological polar surface area (TPSA) is 99.8 Å². The minimum absolute atomic E-state index is 0.0395. The van der Waals surface area contributed by atoms with Crippen LogP contribution in [0.25, 0.3) is 0 Å². The van der Waals surface area contributed by atoms with Gasteiger partial charge in [0.2, 0.25) is 11.8 Å². The summed E-state index contributed by atoms with van der Waals surface area (Å²) in [5.41, 5.74) is 2.47. The Kier molecular flexibility index (Phi) is 7.61. The van der Waals surface area contributed by atoms with Gasteiger partial charge in [-0.3, -0.25) is 14.4 Å². The number of hydrogen-bond acceptors (Lipinski definition) is 5. The van der Waals surface area contributed by atoms with Crippen molar-refractivity contribution >= 4 is 34.8 Å². The highest BCUT2D eigenvalue weighted by Crippen LogP contribution is 2.17. The number of benzene rings is 2. The summed E-state index contributed by atoms with van der Waals surface area (Å²) in [6.45, 7) is 5.92. The molecule has 0 saturated carbocycles. The first-order valence-corrected chi connectivity index (χ1v) is 10.3. The number of carbonyl (C=O) groups is 3. The zero-order valence-electron chi connectivity index (χ0n) is 17.8. The van der Waals surface area contributed by atoms with Crippen LogP contribution in [-0.2, 0) is 14.3 Å². The van der Waals surface area contributed by atoms with Crippen LogP contribution in [0.5, 0.6) is 0 Å². The fraction of sp³-hybridized carbons (Fsp3) is 0.348. The molecule has 3 N–H and O–H groups in total. The minimum Gasteiger partial charge on any atom is -0.378 e. The van der Waals surface area contributed by atoms with Gasteiger partial charge in [0.05, 0.1) is 19.8 Å². The number of morpholine rings is 1. The van der Waals surface area contributed by atoms with Crippen LogP contribution in [0.3, 0.4) is 0 Å². The Morgan fingerprint density at radius 3 is 2.29 bits per heavy atom. The van der Waals surface area contributed by atoms with Crippen LogP contribution < -0.4 is 16.0 Å². The molecule has 0 aromatic heterocycles. The number of nitrogens with one attached hydrogen (secondary N) is 3. The van der Waals surface area contributed by atoms with Gasteiger partial charge in [-0.05, 0) is 36.4 Å². The summed E-state index contributed by atoms with van der Waals surface area (Å²) in [5, 5.41) is 8.66. The summed E-state index contributed by atoms with van der Waals surface area (Å²) in [4.78, 5) is 38.6. The average molecular weight is 425 g/mol. The summed E-state index contributed by atoms with van der Waals surface area (Å²) in [6.07, 6.45) is 0. The highest BCUT2D eigenvalue weighted by molar-refractivity contribution is 5.97. The molecule has 31 heavy (non-hydrogen) atoms. The lowest BCUT2D eigenvalue weighted by Crippen LogP contribution is -2.40. The molecular formula is C23H28N4O4. The maximum atomic E-state index is 12.6. The molecule has 1 aliphatic heterocycles. The first kappa shape index (κ1) is 22.3. The highest BCUT2D eigenvalue weighted by atomic mass is 16.5. The Labute approximate surface area is 182 Å². The van der Waals surface area contributed by atoms with Crippen molar-refractivity contribution in [1.29, 1.82) is 0 Å². The Hall–Kier alpha value is -3.39. The van der Waals surface area contributed by atoms with Crippen LogP contribution in [0.2, 0.25) is 0 Å². The van der Waals surface area contributed by atoms with Crippen LogP contribution in [0.1, 0.15) is 24.2 Å². The van der Waals surface area contributed by atoms with Gasteiger partial charge in [0.25, 0.3) is 5.91 Å². The molecule has 2 aromatic carbocycles. The zero-order chi connectivity index (χ0) is 22.2. The van der Waals surface area contributed by atoms with E-state index in [0.717, 1.165) is 0 Å². The molecule has 1 saturated heterocycles. The van der Waals surface area contributed by atoms with Gasteiger partial charge in [-0.2, -0.15) is 0 Å². The molecule has 1 heterocycles. The SMILES string of the molecule is CC(C)C(=O)Nc1cccc(NC(=O)CNc2cccc(C(=O)N3CCOCC3)c2)c1. The third kappa shape index (κ3) is 6.55. The normalized spacial score (nSPS) is 13.6. The second kappa shape index (κ2) is 10.6. The smallest absolute Gasteiger partial charge is 0.254 e. The Balaban J connectivity index is 1.54. The van der Waals surface area contributed by atoms with Crippen molar-refractivity contribution in [3.63, 3.8) is 0 Å². The van der Waals surface area contributed by atoms with E-state index in [0.29, 0.717) is 48.9 Å². The molecule has 2 aromatic rings. The molecule has 0 bridgehead atoms. The molecule has 1 fully saturated rings. The van der Waals surface area contributed by atoms with E-state index in [-0.39, 0.29) is 30.2 Å². The fourth-order valence-corrected chi connectivity index (χ4v) is 3.06. The highest BCUT2D eigenvalue weighted by Gasteiger charge is 2.18. The van der Waals surface area contributed by atoms with Gasteiger partial charge in [-0.15, -0.1) is 0 Å². The van der Waals surface area contributed by atoms with Crippen LogP contribution in [0.4, 0.5) is 17.1 Å². The number of hydrogen-bond donors (Lipinski definition) is 3. The molecule has 0 spiro atoms. The lowest BCUT2D eigenvalue weighted by molar-refractivity contribution is -0.119. The van der Waals surface area contributed by atoms with Gasteiger partial charge < -0.3 is 25.6 Å².